The molecule has 2 heterocycles. The Balaban J connectivity index is 1.77. The largest absolute Gasteiger partial charge is 0.469 e. The standard InChI is InChI=1S/C22H22N4O3S/c1-3-14-6-8-15(9-7-14)26-18(27)12-30-22-16(11-23)20(17-5-4-10-29-17)19(21(24)28)13(2)25-22/h4-10,16,20H,3,12H2,1-2H3,(H2,24,28)(H,26,27)/t16?,20-/m0/s1. The molecule has 1 aromatic carbocycles. The first-order valence-corrected chi connectivity index (χ1v) is 10.5. The van der Waals surface area contributed by atoms with Crippen LogP contribution in [0.3, 0.4) is 0 Å². The molecule has 30 heavy (non-hydrogen) atoms. The van der Waals surface area contributed by atoms with Crippen LogP contribution >= 0.6 is 11.8 Å². The van der Waals surface area contributed by atoms with Crippen molar-refractivity contribution in [2.45, 2.75) is 26.2 Å². The fraction of sp³-hybridized carbons (Fsp3) is 0.273. The summed E-state index contributed by atoms with van der Waals surface area (Å²) in [6.07, 6.45) is 2.41. The maximum atomic E-state index is 12.4. The minimum Gasteiger partial charge on any atom is -0.469 e. The molecule has 0 spiro atoms. The molecule has 3 rings (SSSR count). The lowest BCUT2D eigenvalue weighted by Crippen LogP contribution is -2.32. The van der Waals surface area contributed by atoms with Crippen molar-refractivity contribution in [1.82, 2.24) is 0 Å². The van der Waals surface area contributed by atoms with E-state index < -0.39 is 17.7 Å². The summed E-state index contributed by atoms with van der Waals surface area (Å²) in [5.74, 6) is -1.74. The van der Waals surface area contributed by atoms with Crippen LogP contribution in [0, 0.1) is 17.2 Å². The Morgan fingerprint density at radius 2 is 2.03 bits per heavy atom. The topological polar surface area (TPSA) is 121 Å². The van der Waals surface area contributed by atoms with E-state index in [1.165, 1.54) is 23.6 Å². The quantitative estimate of drug-likeness (QED) is 0.736. The van der Waals surface area contributed by atoms with Gasteiger partial charge in [-0.1, -0.05) is 30.8 Å². The van der Waals surface area contributed by atoms with Crippen LogP contribution in [0.15, 0.2) is 63.3 Å². The minimum absolute atomic E-state index is 0.0800. The van der Waals surface area contributed by atoms with Crippen molar-refractivity contribution in [3.8, 4) is 6.07 Å². The summed E-state index contributed by atoms with van der Waals surface area (Å²) in [6, 6.07) is 13.2. The van der Waals surface area contributed by atoms with Gasteiger partial charge >= 0.3 is 0 Å². The molecular weight excluding hydrogens is 400 g/mol. The number of furan rings is 1. The lowest BCUT2D eigenvalue weighted by atomic mass is 9.82. The normalized spacial score (nSPS) is 18.5. The number of amides is 2. The Morgan fingerprint density at radius 1 is 1.30 bits per heavy atom. The summed E-state index contributed by atoms with van der Waals surface area (Å²) in [6.45, 7) is 3.73. The molecule has 154 valence electrons. The summed E-state index contributed by atoms with van der Waals surface area (Å²) < 4.78 is 5.47. The first-order valence-electron chi connectivity index (χ1n) is 9.48. The highest BCUT2D eigenvalue weighted by Crippen LogP contribution is 2.40. The van der Waals surface area contributed by atoms with Crippen molar-refractivity contribution < 1.29 is 14.0 Å². The summed E-state index contributed by atoms with van der Waals surface area (Å²) in [5.41, 5.74) is 8.13. The number of anilines is 1. The van der Waals surface area contributed by atoms with Gasteiger partial charge in [0, 0.05) is 11.4 Å². The minimum atomic E-state index is -0.774. The zero-order valence-electron chi connectivity index (χ0n) is 16.7. The van der Waals surface area contributed by atoms with Crippen LogP contribution in [-0.2, 0) is 16.0 Å². The van der Waals surface area contributed by atoms with Crippen molar-refractivity contribution >= 4 is 34.3 Å². The molecule has 8 heteroatoms. The van der Waals surface area contributed by atoms with E-state index in [1.54, 1.807) is 19.1 Å². The molecule has 1 aliphatic rings. The molecule has 2 amide bonds. The number of benzene rings is 1. The molecule has 7 nitrogen and oxygen atoms in total. The van der Waals surface area contributed by atoms with Gasteiger partial charge in [0.25, 0.3) is 0 Å². The number of nitrogens with zero attached hydrogens (tertiary/aromatic N) is 2. The van der Waals surface area contributed by atoms with Gasteiger partial charge in [0.2, 0.25) is 11.8 Å². The zero-order chi connectivity index (χ0) is 21.7. The molecule has 0 saturated carbocycles. The highest BCUT2D eigenvalue weighted by atomic mass is 32.2. The average Bonchev–Trinajstić information content (AvgIpc) is 3.26. The Hall–Kier alpha value is -3.31. The molecule has 3 N–H and O–H groups in total. The predicted octanol–water partition coefficient (Wildman–Crippen LogP) is 3.61. The number of hydrogen-bond donors (Lipinski definition) is 2. The first kappa shape index (κ1) is 21.4. The van der Waals surface area contributed by atoms with E-state index in [4.69, 9.17) is 10.2 Å². The second-order valence-corrected chi connectivity index (χ2v) is 7.80. The number of primary amides is 1. The number of hydrogen-bond acceptors (Lipinski definition) is 6. The van der Waals surface area contributed by atoms with E-state index in [-0.39, 0.29) is 17.2 Å². The van der Waals surface area contributed by atoms with E-state index in [1.807, 2.05) is 24.3 Å². The molecular formula is C22H22N4O3S. The SMILES string of the molecule is CCc1ccc(NC(=O)CSC2=NC(C)=C(C(N)=O)[C@H](c3ccco3)C2C#N)cc1. The van der Waals surface area contributed by atoms with Gasteiger partial charge in [0.1, 0.15) is 11.7 Å². The van der Waals surface area contributed by atoms with Gasteiger partial charge in [-0.05, 0) is 43.2 Å². The number of nitriles is 1. The van der Waals surface area contributed by atoms with Gasteiger partial charge in [-0.2, -0.15) is 5.26 Å². The third-order valence-corrected chi connectivity index (χ3v) is 5.88. The maximum absolute atomic E-state index is 12.4. The number of allylic oxidation sites excluding steroid dienone is 1. The number of nitrogens with one attached hydrogen (secondary N) is 1. The summed E-state index contributed by atoms with van der Waals surface area (Å²) in [7, 11) is 0. The molecule has 0 bridgehead atoms. The maximum Gasteiger partial charge on any atom is 0.247 e. The molecule has 1 aromatic heterocycles. The molecule has 0 saturated heterocycles. The second-order valence-electron chi connectivity index (χ2n) is 6.80. The van der Waals surface area contributed by atoms with Crippen LogP contribution < -0.4 is 11.1 Å². The molecule has 2 aromatic rings. The fourth-order valence-corrected chi connectivity index (χ4v) is 4.27. The molecule has 0 fully saturated rings. The number of aryl methyl sites for hydroxylation is 1. The van der Waals surface area contributed by atoms with Crippen LogP contribution in [0.5, 0.6) is 0 Å². The Morgan fingerprint density at radius 3 is 2.60 bits per heavy atom. The summed E-state index contributed by atoms with van der Waals surface area (Å²) in [4.78, 5) is 28.8. The van der Waals surface area contributed by atoms with Crippen LogP contribution in [0.4, 0.5) is 5.69 Å². The lowest BCUT2D eigenvalue weighted by molar-refractivity contribution is -0.115. The van der Waals surface area contributed by atoms with Crippen LogP contribution in [0.2, 0.25) is 0 Å². The van der Waals surface area contributed by atoms with Crippen molar-refractivity contribution in [1.29, 1.82) is 5.26 Å². The number of carbonyl (C=O) groups is 2. The third kappa shape index (κ3) is 4.63. The van der Waals surface area contributed by atoms with Crippen LogP contribution in [-0.4, -0.2) is 22.6 Å². The van der Waals surface area contributed by atoms with Crippen molar-refractivity contribution in [3.63, 3.8) is 0 Å². The van der Waals surface area contributed by atoms with Crippen molar-refractivity contribution in [2.75, 3.05) is 11.1 Å². The van der Waals surface area contributed by atoms with Gasteiger partial charge in [-0.3, -0.25) is 9.59 Å². The van der Waals surface area contributed by atoms with E-state index in [2.05, 4.69) is 23.3 Å². The van der Waals surface area contributed by atoms with Crippen LogP contribution in [0.25, 0.3) is 0 Å². The molecule has 0 aliphatic carbocycles. The van der Waals surface area contributed by atoms with Crippen LogP contribution in [0.1, 0.15) is 31.1 Å². The summed E-state index contributed by atoms with van der Waals surface area (Å²) >= 11 is 1.17. The number of rotatable bonds is 6. The van der Waals surface area contributed by atoms with E-state index in [9.17, 15) is 14.9 Å². The smallest absolute Gasteiger partial charge is 0.247 e. The average molecular weight is 423 g/mol. The fourth-order valence-electron chi connectivity index (χ4n) is 3.35. The molecule has 0 radical (unpaired) electrons. The number of carbonyl (C=O) groups excluding carboxylic acids is 2. The predicted molar refractivity (Wildman–Crippen MR) is 117 cm³/mol. The molecule has 1 unspecified atom stereocenters. The lowest BCUT2D eigenvalue weighted by Gasteiger charge is -2.27. The second kappa shape index (κ2) is 9.46. The molecule has 2 atom stereocenters. The zero-order valence-corrected chi connectivity index (χ0v) is 17.5. The highest BCUT2D eigenvalue weighted by Gasteiger charge is 2.39. The summed E-state index contributed by atoms with van der Waals surface area (Å²) in [5, 5.41) is 13.1. The van der Waals surface area contributed by atoms with Gasteiger partial charge in [0.05, 0.1) is 34.6 Å². The number of nitrogens with two attached hydrogens (primary N) is 1. The van der Waals surface area contributed by atoms with Gasteiger partial charge < -0.3 is 15.5 Å². The van der Waals surface area contributed by atoms with E-state index in [0.29, 0.717) is 22.2 Å². The monoisotopic (exact) mass is 422 g/mol. The highest BCUT2D eigenvalue weighted by molar-refractivity contribution is 8.14. The van der Waals surface area contributed by atoms with Crippen molar-refractivity contribution in [2.24, 2.45) is 16.6 Å². The van der Waals surface area contributed by atoms with Gasteiger partial charge in [0.15, 0.2) is 0 Å². The number of thioether (sulfide) groups is 1. The number of aliphatic imine (C=N–C) groups is 1. The Bertz CT molecular complexity index is 1030. The first-order chi connectivity index (χ1) is 14.4. The van der Waals surface area contributed by atoms with Gasteiger partial charge in [-0.15, -0.1) is 0 Å². The van der Waals surface area contributed by atoms with Gasteiger partial charge in [-0.25, -0.2) is 4.99 Å². The Kier molecular flexibility index (Phi) is 6.75. The van der Waals surface area contributed by atoms with Crippen molar-refractivity contribution in [3.05, 3.63) is 65.3 Å². The Labute approximate surface area is 179 Å². The molecule has 1 aliphatic heterocycles. The van der Waals surface area contributed by atoms with E-state index >= 15 is 0 Å². The third-order valence-electron chi connectivity index (χ3n) is 4.83. The van der Waals surface area contributed by atoms with E-state index in [0.717, 1.165) is 6.42 Å².